The minimum absolute atomic E-state index is 0.535. The van der Waals surface area contributed by atoms with Gasteiger partial charge in [-0.25, -0.2) is 0 Å². The smallest absolute Gasteiger partial charge is 0.129 e. The molecule has 1 saturated heterocycles. The van der Waals surface area contributed by atoms with E-state index in [9.17, 15) is 0 Å². The largest absolute Gasteiger partial charge is 0.496 e. The predicted molar refractivity (Wildman–Crippen MR) is 112 cm³/mol. The summed E-state index contributed by atoms with van der Waals surface area (Å²) in [5.41, 5.74) is 1.30. The van der Waals surface area contributed by atoms with Crippen LogP contribution in [-0.2, 0) is 24.3 Å². The summed E-state index contributed by atoms with van der Waals surface area (Å²) in [5, 5.41) is 0. The number of methoxy groups -OCH3 is 2. The highest BCUT2D eigenvalue weighted by Crippen LogP contribution is 2.21. The third-order valence-electron chi connectivity index (χ3n) is 5.49. The maximum Gasteiger partial charge on any atom is 0.129 e. The maximum atomic E-state index is 5.83. The van der Waals surface area contributed by atoms with Crippen molar-refractivity contribution in [2.75, 3.05) is 47.4 Å². The van der Waals surface area contributed by atoms with Gasteiger partial charge in [0.25, 0.3) is 0 Å². The molecule has 5 heteroatoms. The number of para-hydroxylation sites is 1. The standard InChI is InChI=1S/C23H34N2O3/c1-24(17-21-10-11-22(28-21)18-26-2)15-19-7-6-13-25(16-19)14-12-20-8-4-5-9-23(20)27-3/h4-5,8-11,19H,6-7,12-18H2,1-3H3/t19-/m0/s1. The lowest BCUT2D eigenvalue weighted by Crippen LogP contribution is -2.40. The zero-order valence-electron chi connectivity index (χ0n) is 17.5. The molecule has 2 aromatic rings. The summed E-state index contributed by atoms with van der Waals surface area (Å²) in [7, 11) is 5.63. The molecule has 2 heterocycles. The summed E-state index contributed by atoms with van der Waals surface area (Å²) in [4.78, 5) is 4.99. The molecule has 1 atom stereocenters. The fraction of sp³-hybridized carbons (Fsp3) is 0.565. The Bertz CT molecular complexity index is 715. The van der Waals surface area contributed by atoms with E-state index in [0.29, 0.717) is 12.5 Å². The van der Waals surface area contributed by atoms with Crippen molar-refractivity contribution < 1.29 is 13.9 Å². The van der Waals surface area contributed by atoms with E-state index >= 15 is 0 Å². The van der Waals surface area contributed by atoms with Gasteiger partial charge in [0.2, 0.25) is 0 Å². The molecule has 1 fully saturated rings. The lowest BCUT2D eigenvalue weighted by atomic mass is 9.97. The lowest BCUT2D eigenvalue weighted by molar-refractivity contribution is 0.136. The van der Waals surface area contributed by atoms with Crippen LogP contribution in [0.2, 0.25) is 0 Å². The topological polar surface area (TPSA) is 38.1 Å². The molecule has 154 valence electrons. The first kappa shape index (κ1) is 20.9. The number of hydrogen-bond acceptors (Lipinski definition) is 5. The third kappa shape index (κ3) is 6.09. The summed E-state index contributed by atoms with van der Waals surface area (Å²) < 4.78 is 16.4. The summed E-state index contributed by atoms with van der Waals surface area (Å²) in [5.74, 6) is 3.62. The number of benzene rings is 1. The first-order valence-corrected chi connectivity index (χ1v) is 10.3. The molecule has 0 saturated carbocycles. The van der Waals surface area contributed by atoms with Crippen LogP contribution >= 0.6 is 0 Å². The van der Waals surface area contributed by atoms with Crippen molar-refractivity contribution in [3.63, 3.8) is 0 Å². The summed E-state index contributed by atoms with van der Waals surface area (Å²) in [6.07, 6.45) is 3.63. The lowest BCUT2D eigenvalue weighted by Gasteiger charge is -2.34. The van der Waals surface area contributed by atoms with E-state index in [4.69, 9.17) is 13.9 Å². The number of hydrogen-bond donors (Lipinski definition) is 0. The van der Waals surface area contributed by atoms with Crippen LogP contribution in [-0.4, -0.2) is 57.2 Å². The number of rotatable bonds is 10. The van der Waals surface area contributed by atoms with Crippen LogP contribution < -0.4 is 4.74 Å². The van der Waals surface area contributed by atoms with E-state index in [1.165, 1.54) is 31.5 Å². The first-order chi connectivity index (χ1) is 13.7. The van der Waals surface area contributed by atoms with E-state index in [2.05, 4.69) is 41.1 Å². The maximum absolute atomic E-state index is 5.83. The van der Waals surface area contributed by atoms with Gasteiger partial charge in [0.15, 0.2) is 0 Å². The predicted octanol–water partition coefficient (Wildman–Crippen LogP) is 3.82. The van der Waals surface area contributed by atoms with Gasteiger partial charge in [0.1, 0.15) is 23.9 Å². The fourth-order valence-corrected chi connectivity index (χ4v) is 4.19. The molecule has 0 radical (unpaired) electrons. The van der Waals surface area contributed by atoms with Gasteiger partial charge in [0, 0.05) is 26.7 Å². The Hall–Kier alpha value is -1.82. The Kier molecular flexibility index (Phi) is 7.95. The van der Waals surface area contributed by atoms with Crippen molar-refractivity contribution in [2.24, 2.45) is 5.92 Å². The molecule has 1 aromatic heterocycles. The molecule has 5 nitrogen and oxygen atoms in total. The first-order valence-electron chi connectivity index (χ1n) is 10.3. The molecule has 0 bridgehead atoms. The van der Waals surface area contributed by atoms with Crippen LogP contribution in [0.15, 0.2) is 40.8 Å². The van der Waals surface area contributed by atoms with Crippen LogP contribution in [0.5, 0.6) is 5.75 Å². The van der Waals surface area contributed by atoms with Crippen LogP contribution in [0, 0.1) is 5.92 Å². The van der Waals surface area contributed by atoms with Gasteiger partial charge < -0.3 is 18.8 Å². The highest BCUT2D eigenvalue weighted by molar-refractivity contribution is 5.33. The summed E-state index contributed by atoms with van der Waals surface area (Å²) >= 11 is 0. The van der Waals surface area contributed by atoms with Crippen LogP contribution in [0.25, 0.3) is 0 Å². The van der Waals surface area contributed by atoms with E-state index in [0.717, 1.165) is 43.3 Å². The molecule has 28 heavy (non-hydrogen) atoms. The van der Waals surface area contributed by atoms with Crippen molar-refractivity contribution in [2.45, 2.75) is 32.4 Å². The number of likely N-dealkylation sites (tertiary alicyclic amines) is 1. The monoisotopic (exact) mass is 386 g/mol. The fourth-order valence-electron chi connectivity index (χ4n) is 4.19. The Labute approximate surface area is 169 Å². The van der Waals surface area contributed by atoms with Gasteiger partial charge in [0.05, 0.1) is 13.7 Å². The van der Waals surface area contributed by atoms with Gasteiger partial charge in [-0.2, -0.15) is 0 Å². The Morgan fingerprint density at radius 3 is 2.79 bits per heavy atom. The molecule has 3 rings (SSSR count). The second-order valence-corrected chi connectivity index (χ2v) is 7.87. The molecule has 1 aliphatic rings. The summed E-state index contributed by atoms with van der Waals surface area (Å²) in [6, 6.07) is 12.4. The number of piperidine rings is 1. The quantitative estimate of drug-likeness (QED) is 0.621. The van der Waals surface area contributed by atoms with Crippen molar-refractivity contribution in [3.8, 4) is 5.75 Å². The van der Waals surface area contributed by atoms with Crippen molar-refractivity contribution in [3.05, 3.63) is 53.5 Å². The van der Waals surface area contributed by atoms with Crippen LogP contribution in [0.1, 0.15) is 29.9 Å². The number of ether oxygens (including phenoxy) is 2. The SMILES string of the molecule is COCc1ccc(CN(C)C[C@@H]2CCCN(CCc3ccccc3OC)C2)o1. The number of nitrogens with zero attached hydrogens (tertiary/aromatic N) is 2. The average Bonchev–Trinajstić information content (AvgIpc) is 3.14. The molecule has 1 aromatic carbocycles. The van der Waals surface area contributed by atoms with E-state index in [1.807, 2.05) is 12.1 Å². The van der Waals surface area contributed by atoms with Crippen molar-refractivity contribution >= 4 is 0 Å². The van der Waals surface area contributed by atoms with Crippen LogP contribution in [0.4, 0.5) is 0 Å². The van der Waals surface area contributed by atoms with Crippen molar-refractivity contribution in [1.82, 2.24) is 9.80 Å². The minimum Gasteiger partial charge on any atom is -0.496 e. The molecule has 0 amide bonds. The zero-order chi connectivity index (χ0) is 19.8. The van der Waals surface area contributed by atoms with Gasteiger partial charge in [-0.1, -0.05) is 18.2 Å². The minimum atomic E-state index is 0.535. The third-order valence-corrected chi connectivity index (χ3v) is 5.49. The second kappa shape index (κ2) is 10.6. The van der Waals surface area contributed by atoms with Gasteiger partial charge in [-0.05, 0) is 62.5 Å². The molecule has 1 aliphatic heterocycles. The highest BCUT2D eigenvalue weighted by atomic mass is 16.5. The molecule has 0 aliphatic carbocycles. The van der Waals surface area contributed by atoms with E-state index < -0.39 is 0 Å². The normalized spacial score (nSPS) is 17.9. The highest BCUT2D eigenvalue weighted by Gasteiger charge is 2.21. The zero-order valence-corrected chi connectivity index (χ0v) is 17.5. The molecular weight excluding hydrogens is 352 g/mol. The summed E-state index contributed by atoms with van der Waals surface area (Å²) in [6.45, 7) is 5.96. The number of furan rings is 1. The van der Waals surface area contributed by atoms with E-state index in [1.54, 1.807) is 14.2 Å². The Morgan fingerprint density at radius 1 is 1.14 bits per heavy atom. The van der Waals surface area contributed by atoms with Gasteiger partial charge in [-0.15, -0.1) is 0 Å². The molecule has 0 unspecified atom stereocenters. The van der Waals surface area contributed by atoms with Crippen molar-refractivity contribution in [1.29, 1.82) is 0 Å². The van der Waals surface area contributed by atoms with E-state index in [-0.39, 0.29) is 0 Å². The Morgan fingerprint density at radius 2 is 1.96 bits per heavy atom. The second-order valence-electron chi connectivity index (χ2n) is 7.87. The Balaban J connectivity index is 1.44. The average molecular weight is 387 g/mol. The van der Waals surface area contributed by atoms with Gasteiger partial charge >= 0.3 is 0 Å². The molecule has 0 spiro atoms. The molecule has 0 N–H and O–H groups in total. The van der Waals surface area contributed by atoms with Gasteiger partial charge in [-0.3, -0.25) is 4.90 Å². The molecular formula is C23H34N2O3. The van der Waals surface area contributed by atoms with Crippen LogP contribution in [0.3, 0.4) is 0 Å².